The number of anilines is 1. The van der Waals surface area contributed by atoms with Gasteiger partial charge in [0, 0.05) is 11.1 Å². The topological polar surface area (TPSA) is 64.1 Å². The summed E-state index contributed by atoms with van der Waals surface area (Å²) in [4.78, 5) is 21.0. The molecule has 0 radical (unpaired) electrons. The average Bonchev–Trinajstić information content (AvgIpc) is 3.45. The molecular weight excluding hydrogens is 388 g/mol. The molecule has 1 aliphatic rings. The van der Waals surface area contributed by atoms with Crippen LogP contribution in [0.3, 0.4) is 0 Å². The van der Waals surface area contributed by atoms with Crippen LogP contribution in [0.2, 0.25) is 0 Å². The Hall–Kier alpha value is -3.35. The van der Waals surface area contributed by atoms with Crippen LogP contribution in [0.25, 0.3) is 0 Å². The minimum Gasteiger partial charge on any atom is -0.491 e. The lowest BCUT2D eigenvalue weighted by Crippen LogP contribution is -2.27. The number of nitrogens with one attached hydrogen (secondary N) is 1. The first-order valence-electron chi connectivity index (χ1n) is 9.62. The third-order valence-electron chi connectivity index (χ3n) is 5.45. The van der Waals surface area contributed by atoms with Crippen molar-refractivity contribution in [2.75, 3.05) is 11.9 Å². The summed E-state index contributed by atoms with van der Waals surface area (Å²) in [5, 5.41) is 2.71. The summed E-state index contributed by atoms with van der Waals surface area (Å²) in [5.74, 6) is -0.649. The number of aryl methyl sites for hydroxylation is 2. The van der Waals surface area contributed by atoms with Gasteiger partial charge in [0.25, 0.3) is 0 Å². The van der Waals surface area contributed by atoms with Crippen molar-refractivity contribution < 1.29 is 18.3 Å². The minimum absolute atomic E-state index is 0.205. The Labute approximate surface area is 173 Å². The minimum atomic E-state index is -0.663. The van der Waals surface area contributed by atoms with E-state index in [1.54, 1.807) is 18.3 Å². The number of pyridine rings is 2. The van der Waals surface area contributed by atoms with E-state index in [-0.39, 0.29) is 24.1 Å². The fraction of sp³-hybridized carbons (Fsp3) is 0.261. The molecular formula is C23H21F2N3O2. The van der Waals surface area contributed by atoms with Crippen molar-refractivity contribution in [3.8, 4) is 5.75 Å². The van der Waals surface area contributed by atoms with Gasteiger partial charge in [-0.05, 0) is 61.7 Å². The monoisotopic (exact) mass is 409 g/mol. The highest BCUT2D eigenvalue weighted by Gasteiger charge is 2.60. The number of amides is 1. The van der Waals surface area contributed by atoms with Gasteiger partial charge < -0.3 is 10.1 Å². The first-order valence-corrected chi connectivity index (χ1v) is 9.62. The third-order valence-corrected chi connectivity index (χ3v) is 5.45. The first-order chi connectivity index (χ1) is 14.4. The second kappa shape index (κ2) is 7.82. The van der Waals surface area contributed by atoms with Gasteiger partial charge in [-0.15, -0.1) is 0 Å². The summed E-state index contributed by atoms with van der Waals surface area (Å²) >= 11 is 0. The molecule has 0 aliphatic heterocycles. The molecule has 1 amide bonds. The van der Waals surface area contributed by atoms with Crippen molar-refractivity contribution in [3.05, 3.63) is 83.3 Å². The lowest BCUT2D eigenvalue weighted by Gasteiger charge is -2.20. The molecule has 0 spiro atoms. The fourth-order valence-electron chi connectivity index (χ4n) is 3.71. The number of carbonyl (C=O) groups excluding carboxylic acids is 1. The summed E-state index contributed by atoms with van der Waals surface area (Å²) < 4.78 is 33.0. The molecule has 3 aromatic rings. The number of ether oxygens (including phenoxy) is 1. The van der Waals surface area contributed by atoms with Crippen molar-refractivity contribution in [1.82, 2.24) is 9.97 Å². The summed E-state index contributed by atoms with van der Waals surface area (Å²) in [7, 11) is 0. The van der Waals surface area contributed by atoms with Gasteiger partial charge in [0.15, 0.2) is 0 Å². The number of hydrogen-bond donors (Lipinski definition) is 1. The molecule has 0 unspecified atom stereocenters. The van der Waals surface area contributed by atoms with Crippen molar-refractivity contribution in [1.29, 1.82) is 0 Å². The van der Waals surface area contributed by atoms with E-state index >= 15 is 0 Å². The highest BCUT2D eigenvalue weighted by molar-refractivity contribution is 5.95. The molecule has 5 nitrogen and oxygen atoms in total. The molecule has 2 aromatic heterocycles. The van der Waals surface area contributed by atoms with E-state index in [9.17, 15) is 13.6 Å². The molecule has 1 fully saturated rings. The average molecular weight is 409 g/mol. The highest BCUT2D eigenvalue weighted by atomic mass is 19.1. The van der Waals surface area contributed by atoms with Gasteiger partial charge in [0.2, 0.25) is 5.91 Å². The predicted octanol–water partition coefficient (Wildman–Crippen LogP) is 4.35. The Bertz CT molecular complexity index is 1090. The van der Waals surface area contributed by atoms with E-state index in [1.165, 1.54) is 24.3 Å². The summed E-state index contributed by atoms with van der Waals surface area (Å²) in [6, 6.07) is 10.8. The Kier molecular flexibility index (Phi) is 5.20. The van der Waals surface area contributed by atoms with Gasteiger partial charge in [-0.1, -0.05) is 12.1 Å². The van der Waals surface area contributed by atoms with E-state index in [4.69, 9.17) is 4.74 Å². The summed E-state index contributed by atoms with van der Waals surface area (Å²) in [5.41, 5.74) is 1.86. The first kappa shape index (κ1) is 19.9. The summed E-state index contributed by atoms with van der Waals surface area (Å²) in [6.07, 6.45) is 3.20. The molecule has 1 saturated carbocycles. The maximum atomic E-state index is 13.9. The quantitative estimate of drug-likeness (QED) is 0.658. The second-order valence-electron chi connectivity index (χ2n) is 7.65. The Morgan fingerprint density at radius 1 is 1.13 bits per heavy atom. The van der Waals surface area contributed by atoms with Crippen LogP contribution in [-0.2, 0) is 10.2 Å². The second-order valence-corrected chi connectivity index (χ2v) is 7.65. The molecule has 1 N–H and O–H groups in total. The van der Waals surface area contributed by atoms with Crippen molar-refractivity contribution >= 4 is 11.7 Å². The van der Waals surface area contributed by atoms with E-state index in [0.717, 1.165) is 17.5 Å². The zero-order chi connectivity index (χ0) is 21.3. The van der Waals surface area contributed by atoms with E-state index in [2.05, 4.69) is 15.3 Å². The number of carbonyl (C=O) groups is 1. The molecule has 0 bridgehead atoms. The van der Waals surface area contributed by atoms with Crippen LogP contribution in [-0.4, -0.2) is 22.5 Å². The van der Waals surface area contributed by atoms with Gasteiger partial charge in [-0.3, -0.25) is 9.78 Å². The molecule has 154 valence electrons. The zero-order valence-electron chi connectivity index (χ0n) is 16.7. The number of rotatable bonds is 6. The van der Waals surface area contributed by atoms with Crippen LogP contribution >= 0.6 is 0 Å². The van der Waals surface area contributed by atoms with Crippen molar-refractivity contribution in [2.45, 2.75) is 25.7 Å². The Balaban J connectivity index is 1.56. The third kappa shape index (κ3) is 4.01. The van der Waals surface area contributed by atoms with Gasteiger partial charge in [-0.2, -0.15) is 0 Å². The lowest BCUT2D eigenvalue weighted by atomic mass is 9.93. The molecule has 2 atom stereocenters. The standard InChI is InChI=1S/C23H21F2N3O2/c1-14-8-15(2)26-12-20(14)30-13-23(16-4-3-5-17(24)9-16)10-19(23)22(29)28-21-7-6-18(25)11-27-21/h3-9,11-12,19H,10,13H2,1-2H3,(H,27,28,29)/t19-,23+/m0/s1. The van der Waals surface area contributed by atoms with Crippen LogP contribution < -0.4 is 10.1 Å². The van der Waals surface area contributed by atoms with Crippen LogP contribution in [0, 0.1) is 31.4 Å². The molecule has 30 heavy (non-hydrogen) atoms. The number of halogens is 2. The van der Waals surface area contributed by atoms with E-state index < -0.39 is 17.2 Å². The number of aromatic nitrogens is 2. The molecule has 7 heteroatoms. The van der Waals surface area contributed by atoms with Crippen LogP contribution in [0.15, 0.2) is 54.9 Å². The fourth-order valence-corrected chi connectivity index (χ4v) is 3.71. The normalized spacial score (nSPS) is 19.9. The van der Waals surface area contributed by atoms with E-state index in [0.29, 0.717) is 17.7 Å². The van der Waals surface area contributed by atoms with Crippen molar-refractivity contribution in [3.63, 3.8) is 0 Å². The zero-order valence-corrected chi connectivity index (χ0v) is 16.7. The van der Waals surface area contributed by atoms with Crippen LogP contribution in [0.1, 0.15) is 23.2 Å². The molecule has 1 aliphatic carbocycles. The maximum Gasteiger partial charge on any atom is 0.229 e. The van der Waals surface area contributed by atoms with Crippen molar-refractivity contribution in [2.24, 2.45) is 5.92 Å². The molecule has 2 heterocycles. The van der Waals surface area contributed by atoms with E-state index in [1.807, 2.05) is 19.9 Å². The molecule has 0 saturated heterocycles. The highest BCUT2D eigenvalue weighted by Crippen LogP contribution is 2.55. The largest absolute Gasteiger partial charge is 0.491 e. The molecule has 1 aromatic carbocycles. The van der Waals surface area contributed by atoms with Crippen LogP contribution in [0.5, 0.6) is 5.75 Å². The number of nitrogens with zero attached hydrogens (tertiary/aromatic N) is 2. The van der Waals surface area contributed by atoms with Gasteiger partial charge in [0.05, 0.1) is 24.9 Å². The SMILES string of the molecule is Cc1cc(C)c(OC[C@@]2(c3cccc(F)c3)C[C@H]2C(=O)Nc2ccc(F)cn2)cn1. The van der Waals surface area contributed by atoms with Gasteiger partial charge in [-0.25, -0.2) is 13.8 Å². The Morgan fingerprint density at radius 3 is 2.67 bits per heavy atom. The smallest absolute Gasteiger partial charge is 0.229 e. The Morgan fingerprint density at radius 2 is 1.97 bits per heavy atom. The van der Waals surface area contributed by atoms with Gasteiger partial charge in [0.1, 0.15) is 23.2 Å². The predicted molar refractivity (Wildman–Crippen MR) is 108 cm³/mol. The van der Waals surface area contributed by atoms with Gasteiger partial charge >= 0.3 is 0 Å². The molecule has 4 rings (SSSR count). The number of benzene rings is 1. The number of hydrogen-bond acceptors (Lipinski definition) is 4. The summed E-state index contributed by atoms with van der Waals surface area (Å²) in [6.45, 7) is 4.03. The lowest BCUT2D eigenvalue weighted by molar-refractivity contribution is -0.117. The van der Waals surface area contributed by atoms with Crippen LogP contribution in [0.4, 0.5) is 14.6 Å². The maximum absolute atomic E-state index is 13.9.